The summed E-state index contributed by atoms with van der Waals surface area (Å²) in [6.45, 7) is 3.84. The molecule has 0 bridgehead atoms. The molecule has 0 aromatic heterocycles. The zero-order chi connectivity index (χ0) is 10.8. The van der Waals surface area contributed by atoms with Crippen molar-refractivity contribution < 1.29 is 9.47 Å². The van der Waals surface area contributed by atoms with Crippen molar-refractivity contribution in [2.45, 2.75) is 44.6 Å². The Morgan fingerprint density at radius 2 is 1.87 bits per heavy atom. The highest BCUT2D eigenvalue weighted by Gasteiger charge is 2.13. The number of rotatable bonds is 8. The van der Waals surface area contributed by atoms with E-state index in [1.165, 1.54) is 25.7 Å². The predicted molar refractivity (Wildman–Crippen MR) is 62.2 cm³/mol. The van der Waals surface area contributed by atoms with Crippen LogP contribution in [0, 0.1) is 0 Å². The zero-order valence-corrected chi connectivity index (χ0v) is 9.96. The van der Waals surface area contributed by atoms with Gasteiger partial charge in [0.2, 0.25) is 0 Å². The van der Waals surface area contributed by atoms with E-state index in [4.69, 9.17) is 9.47 Å². The fraction of sp³-hybridized carbons (Fsp3) is 1.00. The van der Waals surface area contributed by atoms with Crippen molar-refractivity contribution in [1.29, 1.82) is 0 Å². The molecule has 0 aliphatic carbocycles. The molecule has 0 atom stereocenters. The second-order valence-electron chi connectivity index (χ2n) is 4.20. The molecule has 0 saturated carbocycles. The van der Waals surface area contributed by atoms with Gasteiger partial charge in [0, 0.05) is 19.8 Å². The second-order valence-corrected chi connectivity index (χ2v) is 4.20. The number of hydrogen-bond donors (Lipinski definition) is 1. The normalized spacial score (nSPS) is 18.2. The predicted octanol–water partition coefficient (Wildman–Crippen LogP) is 1.96. The Balaban J connectivity index is 1.79. The second kappa shape index (κ2) is 9.13. The molecule has 1 rings (SSSR count). The molecule has 1 heterocycles. The van der Waals surface area contributed by atoms with E-state index >= 15 is 0 Å². The van der Waals surface area contributed by atoms with Gasteiger partial charge in [-0.2, -0.15) is 0 Å². The first-order chi connectivity index (χ1) is 7.43. The summed E-state index contributed by atoms with van der Waals surface area (Å²) in [4.78, 5) is 0. The van der Waals surface area contributed by atoms with Gasteiger partial charge in [-0.15, -0.1) is 0 Å². The van der Waals surface area contributed by atoms with Crippen molar-refractivity contribution in [2.24, 2.45) is 0 Å². The highest BCUT2D eigenvalue weighted by atomic mass is 16.5. The summed E-state index contributed by atoms with van der Waals surface area (Å²) >= 11 is 0. The highest BCUT2D eigenvalue weighted by molar-refractivity contribution is 4.62. The Morgan fingerprint density at radius 3 is 2.60 bits per heavy atom. The summed E-state index contributed by atoms with van der Waals surface area (Å²) in [6.07, 6.45) is 7.74. The number of hydrogen-bond acceptors (Lipinski definition) is 3. The van der Waals surface area contributed by atoms with Gasteiger partial charge in [-0.1, -0.05) is 12.8 Å². The van der Waals surface area contributed by atoms with E-state index in [9.17, 15) is 0 Å². The molecule has 3 heteroatoms. The van der Waals surface area contributed by atoms with Crippen LogP contribution in [-0.2, 0) is 9.47 Å². The molecule has 3 nitrogen and oxygen atoms in total. The van der Waals surface area contributed by atoms with Crippen LogP contribution in [0.5, 0.6) is 0 Å². The fourth-order valence-electron chi connectivity index (χ4n) is 1.85. The molecule has 1 N–H and O–H groups in total. The molecule has 0 aromatic rings. The van der Waals surface area contributed by atoms with E-state index in [2.05, 4.69) is 5.32 Å². The summed E-state index contributed by atoms with van der Waals surface area (Å²) in [5, 5.41) is 3.17. The molecule has 15 heavy (non-hydrogen) atoms. The van der Waals surface area contributed by atoms with Crippen LogP contribution in [0.25, 0.3) is 0 Å². The van der Waals surface area contributed by atoms with Gasteiger partial charge >= 0.3 is 0 Å². The molecule has 0 radical (unpaired) electrons. The number of ether oxygens (including phenoxy) is 2. The molecule has 90 valence electrons. The summed E-state index contributed by atoms with van der Waals surface area (Å²) < 4.78 is 11.1. The molecule has 1 saturated heterocycles. The van der Waals surface area contributed by atoms with Crippen LogP contribution in [0.4, 0.5) is 0 Å². The largest absolute Gasteiger partial charge is 0.381 e. The maximum Gasteiger partial charge on any atom is 0.0619 e. The fourth-order valence-corrected chi connectivity index (χ4v) is 1.85. The van der Waals surface area contributed by atoms with Crippen LogP contribution < -0.4 is 5.32 Å². The first kappa shape index (κ1) is 12.9. The van der Waals surface area contributed by atoms with E-state index in [-0.39, 0.29) is 0 Å². The third kappa shape index (κ3) is 6.88. The van der Waals surface area contributed by atoms with Gasteiger partial charge in [-0.25, -0.2) is 0 Å². The minimum Gasteiger partial charge on any atom is -0.381 e. The Hall–Kier alpha value is -0.120. The summed E-state index contributed by atoms with van der Waals surface area (Å²) in [7, 11) is 2.01. The molecule has 0 aromatic carbocycles. The van der Waals surface area contributed by atoms with Gasteiger partial charge in [0.25, 0.3) is 0 Å². The standard InChI is InChI=1S/C12H25NO2/c1-13-8-4-2-3-5-9-15-12-6-10-14-11-7-12/h12-13H,2-11H2,1H3. The summed E-state index contributed by atoms with van der Waals surface area (Å²) in [5.74, 6) is 0. The Morgan fingerprint density at radius 1 is 1.13 bits per heavy atom. The lowest BCUT2D eigenvalue weighted by Gasteiger charge is -2.22. The average molecular weight is 215 g/mol. The molecule has 0 spiro atoms. The van der Waals surface area contributed by atoms with Crippen LogP contribution >= 0.6 is 0 Å². The van der Waals surface area contributed by atoms with Crippen LogP contribution in [-0.4, -0.2) is 39.5 Å². The van der Waals surface area contributed by atoms with Gasteiger partial charge in [0.15, 0.2) is 0 Å². The zero-order valence-electron chi connectivity index (χ0n) is 9.96. The third-order valence-electron chi connectivity index (χ3n) is 2.84. The van der Waals surface area contributed by atoms with E-state index in [0.29, 0.717) is 6.10 Å². The maximum absolute atomic E-state index is 5.79. The highest BCUT2D eigenvalue weighted by Crippen LogP contribution is 2.11. The Labute approximate surface area is 93.5 Å². The monoisotopic (exact) mass is 215 g/mol. The van der Waals surface area contributed by atoms with Crippen LogP contribution in [0.1, 0.15) is 38.5 Å². The van der Waals surface area contributed by atoms with Crippen LogP contribution in [0.15, 0.2) is 0 Å². The van der Waals surface area contributed by atoms with E-state index in [1.54, 1.807) is 0 Å². The lowest BCUT2D eigenvalue weighted by molar-refractivity contribution is -0.0327. The van der Waals surface area contributed by atoms with Crippen molar-refractivity contribution in [1.82, 2.24) is 5.32 Å². The molecule has 1 fully saturated rings. The van der Waals surface area contributed by atoms with Gasteiger partial charge in [-0.3, -0.25) is 0 Å². The molecular weight excluding hydrogens is 190 g/mol. The van der Waals surface area contributed by atoms with Crippen LogP contribution in [0.2, 0.25) is 0 Å². The minimum absolute atomic E-state index is 0.469. The van der Waals surface area contributed by atoms with Gasteiger partial charge < -0.3 is 14.8 Å². The van der Waals surface area contributed by atoms with E-state index < -0.39 is 0 Å². The molecule has 0 unspecified atom stereocenters. The van der Waals surface area contributed by atoms with Gasteiger partial charge in [0.05, 0.1) is 6.10 Å². The first-order valence-electron chi connectivity index (χ1n) is 6.27. The first-order valence-corrected chi connectivity index (χ1v) is 6.27. The SMILES string of the molecule is CNCCCCCCOC1CCOCC1. The summed E-state index contributed by atoms with van der Waals surface area (Å²) in [5.41, 5.74) is 0. The topological polar surface area (TPSA) is 30.5 Å². The van der Waals surface area contributed by atoms with Crippen molar-refractivity contribution in [3.8, 4) is 0 Å². The number of nitrogens with one attached hydrogen (secondary N) is 1. The molecule has 1 aliphatic heterocycles. The summed E-state index contributed by atoms with van der Waals surface area (Å²) in [6, 6.07) is 0. The third-order valence-corrected chi connectivity index (χ3v) is 2.84. The van der Waals surface area contributed by atoms with Crippen molar-refractivity contribution in [3.05, 3.63) is 0 Å². The molecule has 0 amide bonds. The van der Waals surface area contributed by atoms with Crippen molar-refractivity contribution >= 4 is 0 Å². The smallest absolute Gasteiger partial charge is 0.0619 e. The minimum atomic E-state index is 0.469. The lowest BCUT2D eigenvalue weighted by atomic mass is 10.1. The quantitative estimate of drug-likeness (QED) is 0.628. The number of unbranched alkanes of at least 4 members (excludes halogenated alkanes) is 3. The van der Waals surface area contributed by atoms with Gasteiger partial charge in [-0.05, 0) is 39.3 Å². The van der Waals surface area contributed by atoms with E-state index in [1.807, 2.05) is 7.05 Å². The molecule has 1 aliphatic rings. The molecular formula is C12H25NO2. The Kier molecular flexibility index (Phi) is 7.88. The van der Waals surface area contributed by atoms with E-state index in [0.717, 1.165) is 39.2 Å². The van der Waals surface area contributed by atoms with Crippen molar-refractivity contribution in [3.63, 3.8) is 0 Å². The average Bonchev–Trinajstić information content (AvgIpc) is 2.29. The van der Waals surface area contributed by atoms with Crippen LogP contribution in [0.3, 0.4) is 0 Å². The maximum atomic E-state index is 5.79. The van der Waals surface area contributed by atoms with Gasteiger partial charge in [0.1, 0.15) is 0 Å². The Bertz CT molecular complexity index is 136. The van der Waals surface area contributed by atoms with Crippen molar-refractivity contribution in [2.75, 3.05) is 33.4 Å². The lowest BCUT2D eigenvalue weighted by Crippen LogP contribution is -2.23.